The van der Waals surface area contributed by atoms with Crippen LogP contribution in [0.15, 0.2) is 42.5 Å². The summed E-state index contributed by atoms with van der Waals surface area (Å²) in [6.45, 7) is 0.838. The van der Waals surface area contributed by atoms with Crippen molar-refractivity contribution in [3.8, 4) is 5.75 Å². The summed E-state index contributed by atoms with van der Waals surface area (Å²) >= 11 is 11.8. The van der Waals surface area contributed by atoms with Crippen molar-refractivity contribution in [2.24, 2.45) is 0 Å². The Hall–Kier alpha value is -1.38. The molecule has 1 N–H and O–H groups in total. The van der Waals surface area contributed by atoms with E-state index in [9.17, 15) is 0 Å². The zero-order valence-electron chi connectivity index (χ0n) is 10.6. The van der Waals surface area contributed by atoms with Gasteiger partial charge in [0.05, 0.1) is 17.2 Å². The smallest absolute Gasteiger partial charge is 0.118 e. The van der Waals surface area contributed by atoms with E-state index < -0.39 is 0 Å². The van der Waals surface area contributed by atoms with Gasteiger partial charge in [-0.2, -0.15) is 0 Å². The molecule has 4 heteroatoms. The van der Waals surface area contributed by atoms with Gasteiger partial charge in [0.15, 0.2) is 0 Å². The summed E-state index contributed by atoms with van der Waals surface area (Å²) in [4.78, 5) is 0. The Morgan fingerprint density at radius 1 is 1.00 bits per heavy atom. The lowest BCUT2D eigenvalue weighted by Gasteiger charge is -2.08. The van der Waals surface area contributed by atoms with E-state index in [4.69, 9.17) is 27.9 Å². The van der Waals surface area contributed by atoms with Crippen LogP contribution in [0.3, 0.4) is 0 Å². The molecule has 0 saturated heterocycles. The number of hydrogen-bond donors (Lipinski definition) is 1. The van der Waals surface area contributed by atoms with Crippen LogP contribution < -0.4 is 10.1 Å². The lowest BCUT2D eigenvalue weighted by Crippen LogP contribution is -2.04. The molecule has 2 aromatic rings. The van der Waals surface area contributed by atoms with Gasteiger partial charge >= 0.3 is 0 Å². The minimum atomic E-state index is 0.566. The molecule has 2 rings (SSSR count). The van der Waals surface area contributed by atoms with E-state index in [0.29, 0.717) is 10.0 Å². The van der Waals surface area contributed by atoms with Crippen molar-refractivity contribution >= 4 is 28.9 Å². The highest BCUT2D eigenvalue weighted by atomic mass is 35.5. The molecule has 0 aliphatic heterocycles. The minimum absolute atomic E-state index is 0.566. The molecular weight excluding hydrogens is 281 g/mol. The quantitative estimate of drug-likeness (QED) is 0.866. The molecule has 19 heavy (non-hydrogen) atoms. The fraction of sp³-hybridized carbons (Fsp3) is 0.200. The molecule has 0 atom stereocenters. The highest BCUT2D eigenvalue weighted by molar-refractivity contribution is 6.42. The van der Waals surface area contributed by atoms with Gasteiger partial charge in [0, 0.05) is 12.2 Å². The van der Waals surface area contributed by atoms with Crippen LogP contribution >= 0.6 is 23.2 Å². The molecule has 100 valence electrons. The number of benzene rings is 2. The van der Waals surface area contributed by atoms with Gasteiger partial charge in [-0.05, 0) is 42.3 Å². The predicted molar refractivity (Wildman–Crippen MR) is 81.6 cm³/mol. The second-order valence-corrected chi connectivity index (χ2v) is 4.97. The molecule has 0 aliphatic rings. The number of nitrogens with one attached hydrogen (secondary N) is 1. The van der Waals surface area contributed by atoms with E-state index in [1.165, 1.54) is 5.56 Å². The third kappa shape index (κ3) is 4.05. The molecule has 2 nitrogen and oxygen atoms in total. The Morgan fingerprint density at radius 2 is 1.74 bits per heavy atom. The summed E-state index contributed by atoms with van der Waals surface area (Å²) in [6.07, 6.45) is 0.935. The van der Waals surface area contributed by atoms with Crippen LogP contribution in [0, 0.1) is 0 Å². The summed E-state index contributed by atoms with van der Waals surface area (Å²) in [6, 6.07) is 13.6. The summed E-state index contributed by atoms with van der Waals surface area (Å²) in [7, 11) is 1.67. The monoisotopic (exact) mass is 295 g/mol. The van der Waals surface area contributed by atoms with Gasteiger partial charge in [-0.15, -0.1) is 0 Å². The second-order valence-electron chi connectivity index (χ2n) is 4.15. The van der Waals surface area contributed by atoms with Crippen LogP contribution in [-0.4, -0.2) is 13.7 Å². The average molecular weight is 296 g/mol. The first-order valence-corrected chi connectivity index (χ1v) is 6.76. The number of halogens is 2. The first-order chi connectivity index (χ1) is 9.19. The Kier molecular flexibility index (Phi) is 4.94. The summed E-state index contributed by atoms with van der Waals surface area (Å²) < 4.78 is 5.12. The average Bonchev–Trinajstić information content (AvgIpc) is 2.43. The van der Waals surface area contributed by atoms with Crippen molar-refractivity contribution in [1.29, 1.82) is 0 Å². The standard InChI is InChI=1S/C15H15Cl2NO/c1-19-13-5-2-11(3-6-13)8-9-18-12-4-7-14(16)15(17)10-12/h2-7,10,18H,8-9H2,1H3. The first kappa shape index (κ1) is 14.0. The van der Waals surface area contributed by atoms with Crippen LogP contribution in [0.5, 0.6) is 5.75 Å². The molecular formula is C15H15Cl2NO. The summed E-state index contributed by atoms with van der Waals surface area (Å²) in [5.41, 5.74) is 2.23. The summed E-state index contributed by atoms with van der Waals surface area (Å²) in [5.74, 6) is 0.876. The number of anilines is 1. The highest BCUT2D eigenvalue weighted by Gasteiger charge is 1.99. The highest BCUT2D eigenvalue weighted by Crippen LogP contribution is 2.24. The Balaban J connectivity index is 1.86. The normalized spacial score (nSPS) is 10.3. The van der Waals surface area contributed by atoms with E-state index in [2.05, 4.69) is 17.4 Å². The van der Waals surface area contributed by atoms with Crippen LogP contribution in [0.1, 0.15) is 5.56 Å². The molecule has 2 aromatic carbocycles. The van der Waals surface area contributed by atoms with Crippen LogP contribution in [0.2, 0.25) is 10.0 Å². The van der Waals surface area contributed by atoms with Crippen molar-refractivity contribution in [2.75, 3.05) is 19.0 Å². The third-order valence-electron chi connectivity index (χ3n) is 2.82. The van der Waals surface area contributed by atoms with Gasteiger partial charge in [-0.1, -0.05) is 35.3 Å². The van der Waals surface area contributed by atoms with E-state index in [-0.39, 0.29) is 0 Å². The fourth-order valence-electron chi connectivity index (χ4n) is 1.75. The van der Waals surface area contributed by atoms with E-state index in [0.717, 1.165) is 24.4 Å². The molecule has 0 saturated carbocycles. The maximum atomic E-state index is 5.96. The predicted octanol–water partition coefficient (Wildman–Crippen LogP) is 4.66. The molecule has 0 bridgehead atoms. The van der Waals surface area contributed by atoms with Gasteiger partial charge in [0.25, 0.3) is 0 Å². The van der Waals surface area contributed by atoms with Crippen molar-refractivity contribution < 1.29 is 4.74 Å². The summed E-state index contributed by atoms with van der Waals surface area (Å²) in [5, 5.41) is 4.45. The molecule has 0 spiro atoms. The van der Waals surface area contributed by atoms with Crippen molar-refractivity contribution in [2.45, 2.75) is 6.42 Å². The van der Waals surface area contributed by atoms with Gasteiger partial charge in [-0.3, -0.25) is 0 Å². The number of methoxy groups -OCH3 is 1. The number of hydrogen-bond acceptors (Lipinski definition) is 2. The Bertz CT molecular complexity index is 540. The first-order valence-electron chi connectivity index (χ1n) is 6.01. The van der Waals surface area contributed by atoms with Crippen molar-refractivity contribution in [3.63, 3.8) is 0 Å². The van der Waals surface area contributed by atoms with E-state index in [1.54, 1.807) is 13.2 Å². The fourth-order valence-corrected chi connectivity index (χ4v) is 2.05. The van der Waals surface area contributed by atoms with Gasteiger partial charge in [0.2, 0.25) is 0 Å². The van der Waals surface area contributed by atoms with Crippen molar-refractivity contribution in [1.82, 2.24) is 0 Å². The zero-order valence-corrected chi connectivity index (χ0v) is 12.1. The largest absolute Gasteiger partial charge is 0.497 e. The minimum Gasteiger partial charge on any atom is -0.497 e. The van der Waals surface area contributed by atoms with Crippen molar-refractivity contribution in [3.05, 3.63) is 58.1 Å². The maximum absolute atomic E-state index is 5.96. The Labute approximate surface area is 123 Å². The third-order valence-corrected chi connectivity index (χ3v) is 3.56. The van der Waals surface area contributed by atoms with Crippen LogP contribution in [-0.2, 0) is 6.42 Å². The zero-order chi connectivity index (χ0) is 13.7. The molecule has 0 unspecified atom stereocenters. The van der Waals surface area contributed by atoms with Gasteiger partial charge in [-0.25, -0.2) is 0 Å². The molecule has 0 aromatic heterocycles. The van der Waals surface area contributed by atoms with Gasteiger partial charge < -0.3 is 10.1 Å². The Morgan fingerprint density at radius 3 is 2.37 bits per heavy atom. The molecule has 0 heterocycles. The van der Waals surface area contributed by atoms with E-state index >= 15 is 0 Å². The second kappa shape index (κ2) is 6.69. The molecule has 0 aliphatic carbocycles. The van der Waals surface area contributed by atoms with Crippen LogP contribution in [0.25, 0.3) is 0 Å². The van der Waals surface area contributed by atoms with Crippen LogP contribution in [0.4, 0.5) is 5.69 Å². The van der Waals surface area contributed by atoms with E-state index in [1.807, 2.05) is 24.3 Å². The SMILES string of the molecule is COc1ccc(CCNc2ccc(Cl)c(Cl)c2)cc1. The molecule has 0 amide bonds. The van der Waals surface area contributed by atoms with Gasteiger partial charge in [0.1, 0.15) is 5.75 Å². The molecule has 0 radical (unpaired) electrons. The topological polar surface area (TPSA) is 21.3 Å². The maximum Gasteiger partial charge on any atom is 0.118 e. The lowest BCUT2D eigenvalue weighted by atomic mass is 10.1. The molecule has 0 fully saturated rings. The number of ether oxygens (including phenoxy) is 1. The lowest BCUT2D eigenvalue weighted by molar-refractivity contribution is 0.414. The number of rotatable bonds is 5.